The summed E-state index contributed by atoms with van der Waals surface area (Å²) in [7, 11) is 1.59. The molecule has 0 aliphatic heterocycles. The van der Waals surface area contributed by atoms with E-state index in [0.717, 1.165) is 24.4 Å². The second-order valence-corrected chi connectivity index (χ2v) is 4.00. The lowest BCUT2D eigenvalue weighted by Crippen LogP contribution is -2.25. The molecule has 2 rings (SSSR count). The van der Waals surface area contributed by atoms with Gasteiger partial charge in [0.1, 0.15) is 6.33 Å². The van der Waals surface area contributed by atoms with E-state index in [1.54, 1.807) is 25.7 Å². The van der Waals surface area contributed by atoms with Gasteiger partial charge in [0, 0.05) is 18.5 Å². The Labute approximate surface area is 112 Å². The first-order chi connectivity index (χ1) is 9.35. The third-order valence-electron chi connectivity index (χ3n) is 2.65. The summed E-state index contributed by atoms with van der Waals surface area (Å²) < 4.78 is 5.13. The molecule has 0 saturated carbocycles. The molecule has 0 spiro atoms. The molecule has 0 fully saturated rings. The highest BCUT2D eigenvalue weighted by molar-refractivity contribution is 5.23. The molecule has 0 bridgehead atoms. The molecule has 0 amide bonds. The molecule has 0 radical (unpaired) electrons. The smallest absolute Gasteiger partial charge is 0.216 e. The van der Waals surface area contributed by atoms with Crippen LogP contribution in [0.5, 0.6) is 5.88 Å². The highest BCUT2D eigenvalue weighted by Crippen LogP contribution is 2.19. The van der Waals surface area contributed by atoms with Gasteiger partial charge >= 0.3 is 0 Å². The van der Waals surface area contributed by atoms with Crippen LogP contribution in [0.3, 0.4) is 0 Å². The monoisotopic (exact) mass is 259 g/mol. The quantitative estimate of drug-likeness (QED) is 0.844. The van der Waals surface area contributed by atoms with Crippen molar-refractivity contribution in [3.8, 4) is 5.88 Å². The number of rotatable bonds is 6. The fourth-order valence-corrected chi connectivity index (χ4v) is 1.73. The summed E-state index contributed by atoms with van der Waals surface area (Å²) in [6.07, 6.45) is 7.58. The van der Waals surface area contributed by atoms with Crippen LogP contribution in [0.2, 0.25) is 0 Å². The van der Waals surface area contributed by atoms with Crippen LogP contribution in [0.25, 0.3) is 0 Å². The Morgan fingerprint density at radius 1 is 1.21 bits per heavy atom. The minimum atomic E-state index is -0.106. The molecule has 2 heterocycles. The van der Waals surface area contributed by atoms with Crippen molar-refractivity contribution in [2.24, 2.45) is 0 Å². The average molecular weight is 259 g/mol. The van der Waals surface area contributed by atoms with Gasteiger partial charge in [-0.3, -0.25) is 9.97 Å². The first-order valence-corrected chi connectivity index (χ1v) is 6.20. The second-order valence-electron chi connectivity index (χ2n) is 4.00. The number of hydrogen-bond acceptors (Lipinski definition) is 6. The van der Waals surface area contributed by atoms with Gasteiger partial charge in [0.15, 0.2) is 0 Å². The van der Waals surface area contributed by atoms with Gasteiger partial charge < -0.3 is 10.1 Å². The fraction of sp³-hybridized carbons (Fsp3) is 0.385. The second kappa shape index (κ2) is 6.75. The zero-order valence-electron chi connectivity index (χ0n) is 11.1. The van der Waals surface area contributed by atoms with Gasteiger partial charge in [-0.15, -0.1) is 0 Å². The Morgan fingerprint density at radius 2 is 2.11 bits per heavy atom. The van der Waals surface area contributed by atoms with Crippen LogP contribution >= 0.6 is 0 Å². The zero-order chi connectivity index (χ0) is 13.5. The van der Waals surface area contributed by atoms with E-state index in [4.69, 9.17) is 4.74 Å². The molecular formula is C13H17N5O. The van der Waals surface area contributed by atoms with Gasteiger partial charge in [0.05, 0.1) is 30.7 Å². The topological polar surface area (TPSA) is 72.8 Å². The number of nitrogens with one attached hydrogen (secondary N) is 1. The Kier molecular flexibility index (Phi) is 4.74. The molecule has 6 heteroatoms. The molecule has 2 aromatic rings. The Morgan fingerprint density at radius 3 is 2.79 bits per heavy atom. The molecule has 2 aromatic heterocycles. The number of methoxy groups -OCH3 is 1. The van der Waals surface area contributed by atoms with Crippen molar-refractivity contribution in [2.45, 2.75) is 19.4 Å². The highest BCUT2D eigenvalue weighted by atomic mass is 16.5. The predicted octanol–water partition coefficient (Wildman–Crippen LogP) is 1.36. The van der Waals surface area contributed by atoms with Crippen LogP contribution in [0.4, 0.5) is 0 Å². The molecule has 100 valence electrons. The van der Waals surface area contributed by atoms with E-state index >= 15 is 0 Å². The zero-order valence-corrected chi connectivity index (χ0v) is 11.1. The average Bonchev–Trinajstić information content (AvgIpc) is 2.49. The maximum absolute atomic E-state index is 5.13. The van der Waals surface area contributed by atoms with Crippen molar-refractivity contribution < 1.29 is 4.74 Å². The normalized spacial score (nSPS) is 12.1. The standard InChI is InChI=1S/C13H17N5O/c1-3-4-16-13(11-8-14-5-6-15-11)10-7-12(19-2)18-9-17-10/h5-9,13,16H,3-4H2,1-2H3. The summed E-state index contributed by atoms with van der Waals surface area (Å²) in [4.78, 5) is 16.8. The van der Waals surface area contributed by atoms with Gasteiger partial charge in [0.25, 0.3) is 0 Å². The summed E-state index contributed by atoms with van der Waals surface area (Å²) >= 11 is 0. The van der Waals surface area contributed by atoms with Crippen molar-refractivity contribution in [3.05, 3.63) is 42.4 Å². The van der Waals surface area contributed by atoms with Crippen LogP contribution in [0.1, 0.15) is 30.8 Å². The molecule has 0 aromatic carbocycles. The van der Waals surface area contributed by atoms with E-state index in [0.29, 0.717) is 5.88 Å². The van der Waals surface area contributed by atoms with Crippen LogP contribution in [-0.2, 0) is 0 Å². The van der Waals surface area contributed by atoms with Gasteiger partial charge in [0.2, 0.25) is 5.88 Å². The molecule has 1 N–H and O–H groups in total. The van der Waals surface area contributed by atoms with Crippen LogP contribution in [0, 0.1) is 0 Å². The minimum Gasteiger partial charge on any atom is -0.481 e. The van der Waals surface area contributed by atoms with Crippen LogP contribution in [-0.4, -0.2) is 33.6 Å². The minimum absolute atomic E-state index is 0.106. The van der Waals surface area contributed by atoms with E-state index < -0.39 is 0 Å². The van der Waals surface area contributed by atoms with Gasteiger partial charge in [-0.05, 0) is 13.0 Å². The lowest BCUT2D eigenvalue weighted by Gasteiger charge is -2.17. The maximum atomic E-state index is 5.13. The predicted molar refractivity (Wildman–Crippen MR) is 70.8 cm³/mol. The largest absolute Gasteiger partial charge is 0.481 e. The van der Waals surface area contributed by atoms with Gasteiger partial charge in [-0.1, -0.05) is 6.92 Å². The van der Waals surface area contributed by atoms with Gasteiger partial charge in [-0.25, -0.2) is 9.97 Å². The van der Waals surface area contributed by atoms with Crippen molar-refractivity contribution in [2.75, 3.05) is 13.7 Å². The van der Waals surface area contributed by atoms with E-state index in [2.05, 4.69) is 32.2 Å². The molecule has 6 nitrogen and oxygen atoms in total. The maximum Gasteiger partial charge on any atom is 0.216 e. The highest BCUT2D eigenvalue weighted by Gasteiger charge is 2.17. The van der Waals surface area contributed by atoms with Gasteiger partial charge in [-0.2, -0.15) is 0 Å². The molecule has 0 aliphatic rings. The summed E-state index contributed by atoms with van der Waals surface area (Å²) in [5, 5.41) is 3.40. The first kappa shape index (κ1) is 13.4. The number of nitrogens with zero attached hydrogens (tertiary/aromatic N) is 4. The third-order valence-corrected chi connectivity index (χ3v) is 2.65. The van der Waals surface area contributed by atoms with Crippen LogP contribution in [0.15, 0.2) is 31.0 Å². The summed E-state index contributed by atoms with van der Waals surface area (Å²) in [6, 6.07) is 1.70. The number of hydrogen-bond donors (Lipinski definition) is 1. The molecule has 1 unspecified atom stereocenters. The summed E-state index contributed by atoms with van der Waals surface area (Å²) in [6.45, 7) is 2.98. The van der Waals surface area contributed by atoms with Crippen molar-refractivity contribution in [1.82, 2.24) is 25.3 Å². The Bertz CT molecular complexity index is 505. The lowest BCUT2D eigenvalue weighted by molar-refractivity contribution is 0.394. The van der Waals surface area contributed by atoms with Crippen molar-refractivity contribution in [3.63, 3.8) is 0 Å². The SMILES string of the molecule is CCCNC(c1cnccn1)c1cc(OC)ncn1. The molecule has 1 atom stereocenters. The molecular weight excluding hydrogens is 242 g/mol. The third kappa shape index (κ3) is 3.45. The lowest BCUT2D eigenvalue weighted by atomic mass is 10.1. The molecule has 0 aliphatic carbocycles. The van der Waals surface area contributed by atoms with Crippen LogP contribution < -0.4 is 10.1 Å². The van der Waals surface area contributed by atoms with E-state index in [9.17, 15) is 0 Å². The van der Waals surface area contributed by atoms with E-state index in [1.807, 2.05) is 6.07 Å². The van der Waals surface area contributed by atoms with E-state index in [-0.39, 0.29) is 6.04 Å². The Hall–Kier alpha value is -2.08. The Balaban J connectivity index is 2.31. The fourth-order valence-electron chi connectivity index (χ4n) is 1.73. The summed E-state index contributed by atoms with van der Waals surface area (Å²) in [5.74, 6) is 0.539. The van der Waals surface area contributed by atoms with Crippen molar-refractivity contribution >= 4 is 0 Å². The molecule has 19 heavy (non-hydrogen) atoms. The van der Waals surface area contributed by atoms with E-state index in [1.165, 1.54) is 6.33 Å². The number of ether oxygens (including phenoxy) is 1. The first-order valence-electron chi connectivity index (χ1n) is 6.20. The van der Waals surface area contributed by atoms with Crippen molar-refractivity contribution in [1.29, 1.82) is 0 Å². The summed E-state index contributed by atoms with van der Waals surface area (Å²) in [5.41, 5.74) is 1.65. The number of aromatic nitrogens is 4. The molecule has 0 saturated heterocycles.